The summed E-state index contributed by atoms with van der Waals surface area (Å²) in [4.78, 5) is 2.39. The minimum absolute atomic E-state index is 0.0669. The summed E-state index contributed by atoms with van der Waals surface area (Å²) in [5.74, 6) is 1.06. The van der Waals surface area contributed by atoms with Crippen LogP contribution in [0.3, 0.4) is 0 Å². The largest absolute Gasteiger partial charge is 0.490 e. The molecular weight excluding hydrogens is 600 g/mol. The van der Waals surface area contributed by atoms with Crippen LogP contribution in [-0.2, 0) is 26.6 Å². The van der Waals surface area contributed by atoms with Gasteiger partial charge in [-0.2, -0.15) is 4.72 Å². The summed E-state index contributed by atoms with van der Waals surface area (Å²) in [6.07, 6.45) is 5.71. The molecule has 0 saturated heterocycles. The molecule has 2 aromatic rings. The highest BCUT2D eigenvalue weighted by atomic mass is 35.5. The number of ether oxygens (including phenoxy) is 2. The SMILES string of the molecule is CO[C@]1(CO)CCC[C@H](C)[C@@H](C)S(=O)(=O)NC(O)c2ccc3c(c2)N(C[C@@H]2CC[C@H]21)C[C@@]1(CCCc2cc(Cl)ccc21)CO3. The Morgan fingerprint density at radius 1 is 1.11 bits per heavy atom. The molecule has 44 heavy (non-hydrogen) atoms. The van der Waals surface area contributed by atoms with Gasteiger partial charge in [0, 0.05) is 30.6 Å². The fraction of sp³-hybridized carbons (Fsp3) is 0.647. The molecule has 1 saturated carbocycles. The molecule has 0 radical (unpaired) electrons. The highest BCUT2D eigenvalue weighted by Gasteiger charge is 2.49. The Labute approximate surface area is 267 Å². The summed E-state index contributed by atoms with van der Waals surface area (Å²) in [6.45, 7) is 5.54. The van der Waals surface area contributed by atoms with Gasteiger partial charge in [-0.15, -0.1) is 0 Å². The third-order valence-electron chi connectivity index (χ3n) is 11.4. The van der Waals surface area contributed by atoms with Crippen LogP contribution in [-0.4, -0.2) is 62.9 Å². The predicted molar refractivity (Wildman–Crippen MR) is 173 cm³/mol. The third kappa shape index (κ3) is 5.77. The summed E-state index contributed by atoms with van der Waals surface area (Å²) in [5.41, 5.74) is 2.95. The molecule has 2 aliphatic heterocycles. The maximum absolute atomic E-state index is 13.4. The minimum Gasteiger partial charge on any atom is -0.490 e. The number of aryl methyl sites for hydroxylation is 1. The first-order valence-corrected chi connectivity index (χ1v) is 18.1. The summed E-state index contributed by atoms with van der Waals surface area (Å²) >= 11 is 6.42. The number of methoxy groups -OCH3 is 1. The van der Waals surface area contributed by atoms with E-state index in [1.54, 1.807) is 20.1 Å². The van der Waals surface area contributed by atoms with Crippen LogP contribution in [0.1, 0.15) is 81.7 Å². The van der Waals surface area contributed by atoms with Gasteiger partial charge < -0.3 is 24.6 Å². The Kier molecular flexibility index (Phi) is 9.02. The number of nitrogens with zero attached hydrogens (tertiary/aromatic N) is 1. The van der Waals surface area contributed by atoms with Crippen LogP contribution in [0, 0.1) is 17.8 Å². The number of sulfonamides is 1. The summed E-state index contributed by atoms with van der Waals surface area (Å²) in [7, 11) is -2.12. The monoisotopic (exact) mass is 646 g/mol. The molecule has 3 N–H and O–H groups in total. The lowest BCUT2D eigenvalue weighted by Gasteiger charge is -2.51. The van der Waals surface area contributed by atoms with Gasteiger partial charge in [0.05, 0.1) is 29.8 Å². The standard InChI is InChI=1S/C34H47ClN2O6S/c1-22-6-4-15-34(20-38,42-3)29-11-8-26(29)18-37-19-33(14-5-7-24-16-27(35)10-12-28(24)33)21-43-31-13-9-25(17-30(31)37)32(39)36-44(40,41)23(22)2/h9-10,12-13,16-17,22-23,26,29,32,36,38-39H,4-8,11,14-15,18-21H2,1-3H3/t22-,23+,26-,29+,32?,33-,34-/m0/s1. The van der Waals surface area contributed by atoms with E-state index in [1.165, 1.54) is 11.1 Å². The zero-order valence-corrected chi connectivity index (χ0v) is 27.7. The molecule has 7 atom stereocenters. The Bertz CT molecular complexity index is 1470. The van der Waals surface area contributed by atoms with Crippen LogP contribution in [0.2, 0.25) is 5.02 Å². The Balaban J connectivity index is 1.44. The zero-order chi connectivity index (χ0) is 31.3. The second-order valence-corrected chi connectivity index (χ2v) is 16.3. The van der Waals surface area contributed by atoms with Crippen LogP contribution in [0.25, 0.3) is 0 Å². The average Bonchev–Trinajstić information content (AvgIpc) is 3.14. The van der Waals surface area contributed by atoms with Gasteiger partial charge >= 0.3 is 0 Å². The van der Waals surface area contributed by atoms with E-state index in [1.807, 2.05) is 25.1 Å². The van der Waals surface area contributed by atoms with Crippen molar-refractivity contribution in [2.75, 3.05) is 38.3 Å². The van der Waals surface area contributed by atoms with Crippen molar-refractivity contribution < 1.29 is 28.1 Å². The quantitative estimate of drug-likeness (QED) is 0.405. The van der Waals surface area contributed by atoms with Crippen molar-refractivity contribution in [1.82, 2.24) is 4.72 Å². The van der Waals surface area contributed by atoms with Gasteiger partial charge in [0.25, 0.3) is 0 Å². The third-order valence-corrected chi connectivity index (χ3v) is 13.7. The van der Waals surface area contributed by atoms with E-state index < -0.39 is 27.1 Å². The van der Waals surface area contributed by atoms with E-state index in [-0.39, 0.29) is 23.9 Å². The van der Waals surface area contributed by atoms with Crippen molar-refractivity contribution in [2.45, 2.75) is 87.7 Å². The number of anilines is 1. The number of benzene rings is 2. The number of nitrogens with one attached hydrogen (secondary N) is 1. The van der Waals surface area contributed by atoms with Crippen LogP contribution in [0.15, 0.2) is 36.4 Å². The van der Waals surface area contributed by atoms with Crippen molar-refractivity contribution in [1.29, 1.82) is 0 Å². The van der Waals surface area contributed by atoms with E-state index in [0.29, 0.717) is 30.9 Å². The Morgan fingerprint density at radius 3 is 2.66 bits per heavy atom. The lowest BCUT2D eigenvalue weighted by molar-refractivity contribution is -0.141. The fourth-order valence-electron chi connectivity index (χ4n) is 8.36. The zero-order valence-electron chi connectivity index (χ0n) is 26.1. The number of hydrogen-bond donors (Lipinski definition) is 3. The molecule has 1 unspecified atom stereocenters. The van der Waals surface area contributed by atoms with Crippen molar-refractivity contribution in [3.63, 3.8) is 0 Å². The van der Waals surface area contributed by atoms with E-state index in [2.05, 4.69) is 21.8 Å². The van der Waals surface area contributed by atoms with Crippen LogP contribution in [0.5, 0.6) is 5.75 Å². The highest BCUT2D eigenvalue weighted by Crippen LogP contribution is 2.49. The summed E-state index contributed by atoms with van der Waals surface area (Å²) in [6, 6.07) is 11.7. The molecule has 8 nitrogen and oxygen atoms in total. The second-order valence-electron chi connectivity index (χ2n) is 13.8. The number of aliphatic hydroxyl groups is 2. The molecule has 2 aromatic carbocycles. The van der Waals surface area contributed by atoms with E-state index in [0.717, 1.165) is 68.1 Å². The van der Waals surface area contributed by atoms with Crippen molar-refractivity contribution in [3.8, 4) is 5.75 Å². The average molecular weight is 647 g/mol. The molecule has 6 rings (SSSR count). The second kappa shape index (κ2) is 12.4. The van der Waals surface area contributed by atoms with Gasteiger partial charge in [-0.25, -0.2) is 8.42 Å². The maximum Gasteiger partial charge on any atom is 0.216 e. The Morgan fingerprint density at radius 2 is 1.93 bits per heavy atom. The first-order chi connectivity index (χ1) is 21.0. The van der Waals surface area contributed by atoms with Crippen LogP contribution >= 0.6 is 11.6 Å². The van der Waals surface area contributed by atoms with E-state index in [9.17, 15) is 18.6 Å². The molecule has 0 amide bonds. The van der Waals surface area contributed by atoms with Crippen molar-refractivity contribution in [2.24, 2.45) is 17.8 Å². The molecule has 1 spiro atoms. The molecule has 10 heteroatoms. The highest BCUT2D eigenvalue weighted by molar-refractivity contribution is 7.90. The van der Waals surface area contributed by atoms with Gasteiger partial charge in [0.2, 0.25) is 10.0 Å². The Hall–Kier alpha value is -1.88. The van der Waals surface area contributed by atoms with Crippen molar-refractivity contribution in [3.05, 3.63) is 58.1 Å². The molecule has 1 fully saturated rings. The number of fused-ring (bicyclic) bond motifs is 4. The number of halogens is 1. The number of aliphatic hydroxyl groups excluding tert-OH is 2. The van der Waals surface area contributed by atoms with Gasteiger partial charge in [-0.3, -0.25) is 0 Å². The van der Waals surface area contributed by atoms with Crippen LogP contribution < -0.4 is 14.4 Å². The normalized spacial score (nSPS) is 35.5. The van der Waals surface area contributed by atoms with E-state index >= 15 is 0 Å². The lowest BCUT2D eigenvalue weighted by Crippen LogP contribution is -2.55. The van der Waals surface area contributed by atoms with Gasteiger partial charge in [-0.1, -0.05) is 37.1 Å². The molecule has 2 bridgehead atoms. The fourth-order valence-corrected chi connectivity index (χ4v) is 9.96. The molecule has 0 aromatic heterocycles. The summed E-state index contributed by atoms with van der Waals surface area (Å²) in [5, 5.41) is 22.0. The van der Waals surface area contributed by atoms with Gasteiger partial charge in [-0.05, 0) is 111 Å². The molecule has 242 valence electrons. The van der Waals surface area contributed by atoms with Gasteiger partial charge in [0.1, 0.15) is 12.0 Å². The smallest absolute Gasteiger partial charge is 0.216 e. The predicted octanol–water partition coefficient (Wildman–Crippen LogP) is 5.34. The lowest BCUT2D eigenvalue weighted by atomic mass is 9.63. The van der Waals surface area contributed by atoms with Crippen molar-refractivity contribution >= 4 is 27.3 Å². The topological polar surface area (TPSA) is 108 Å². The molecule has 4 aliphatic rings. The van der Waals surface area contributed by atoms with Crippen LogP contribution in [0.4, 0.5) is 5.69 Å². The molecular formula is C34H47ClN2O6S. The first kappa shape index (κ1) is 32.1. The molecule has 2 aliphatic carbocycles. The first-order valence-electron chi connectivity index (χ1n) is 16.2. The maximum atomic E-state index is 13.4. The summed E-state index contributed by atoms with van der Waals surface area (Å²) < 4.78 is 42.0. The van der Waals surface area contributed by atoms with E-state index in [4.69, 9.17) is 21.1 Å². The number of hydrogen-bond acceptors (Lipinski definition) is 7. The number of rotatable bonds is 2. The van der Waals surface area contributed by atoms with Gasteiger partial charge in [0.15, 0.2) is 0 Å². The molecule has 2 heterocycles. The minimum atomic E-state index is -3.82.